The monoisotopic (exact) mass is 375 g/mol. The molecular weight excluding hydrogens is 362 g/mol. The summed E-state index contributed by atoms with van der Waals surface area (Å²) in [5, 5.41) is 11.4. The molecule has 0 aliphatic rings. The van der Waals surface area contributed by atoms with Crippen LogP contribution >= 0.6 is 11.3 Å². The predicted molar refractivity (Wildman–Crippen MR) is 104 cm³/mol. The molecule has 0 aliphatic heterocycles. The van der Waals surface area contributed by atoms with Gasteiger partial charge in [-0.05, 0) is 29.8 Å². The van der Waals surface area contributed by atoms with Crippen LogP contribution in [0.5, 0.6) is 0 Å². The van der Waals surface area contributed by atoms with E-state index in [1.54, 1.807) is 24.4 Å². The van der Waals surface area contributed by atoms with Crippen LogP contribution in [0.2, 0.25) is 0 Å². The molecule has 27 heavy (non-hydrogen) atoms. The molecule has 0 aliphatic carbocycles. The Hall–Kier alpha value is -3.65. The Morgan fingerprint density at radius 3 is 2.52 bits per heavy atom. The summed E-state index contributed by atoms with van der Waals surface area (Å²) in [5.74, 6) is -0.542. The molecule has 0 saturated heterocycles. The van der Waals surface area contributed by atoms with Crippen molar-refractivity contribution in [3.63, 3.8) is 0 Å². The van der Waals surface area contributed by atoms with Gasteiger partial charge in [-0.3, -0.25) is 19.9 Å². The number of hydrogen-bond acceptors (Lipinski definition) is 6. The second kappa shape index (κ2) is 7.30. The zero-order valence-corrected chi connectivity index (χ0v) is 14.7. The average Bonchev–Trinajstić information content (AvgIpc) is 3.17. The summed E-state index contributed by atoms with van der Waals surface area (Å²) < 4.78 is 0. The van der Waals surface area contributed by atoms with Gasteiger partial charge in [0, 0.05) is 11.9 Å². The number of carbonyl (C=O) groups is 1. The first-order valence-electron chi connectivity index (χ1n) is 8.06. The van der Waals surface area contributed by atoms with Crippen molar-refractivity contribution in [1.82, 2.24) is 20.2 Å². The topological polar surface area (TPSA) is 101 Å². The van der Waals surface area contributed by atoms with Crippen LogP contribution in [-0.4, -0.2) is 26.1 Å². The van der Waals surface area contributed by atoms with Crippen molar-refractivity contribution in [3.05, 3.63) is 82.8 Å². The molecule has 8 heteroatoms. The molecule has 0 fully saturated rings. The molecular formula is C19H13N5O2S. The second-order valence-electron chi connectivity index (χ2n) is 5.56. The molecule has 0 saturated carbocycles. The third-order valence-corrected chi connectivity index (χ3v) is 4.63. The predicted octanol–water partition coefficient (Wildman–Crippen LogP) is 3.21. The maximum Gasteiger partial charge on any atom is 0.263 e. The van der Waals surface area contributed by atoms with Crippen LogP contribution in [0.4, 0.5) is 5.13 Å². The van der Waals surface area contributed by atoms with Crippen LogP contribution in [0.15, 0.2) is 71.7 Å². The number of anilines is 1. The Bertz CT molecular complexity index is 1140. The Labute approximate surface area is 157 Å². The normalized spacial score (nSPS) is 10.5. The Kier molecular flexibility index (Phi) is 4.54. The number of H-pyrrole nitrogens is 1. The molecule has 4 rings (SSSR count). The van der Waals surface area contributed by atoms with Crippen molar-refractivity contribution in [3.8, 4) is 22.0 Å². The fourth-order valence-electron chi connectivity index (χ4n) is 2.47. The number of carbonyl (C=O) groups excluding carboxylic acids is 1. The summed E-state index contributed by atoms with van der Waals surface area (Å²) in [5.41, 5.74) is 1.71. The average molecular weight is 375 g/mol. The number of aromatic nitrogens is 4. The minimum absolute atomic E-state index is 0.00395. The molecule has 0 spiro atoms. The van der Waals surface area contributed by atoms with Crippen LogP contribution < -0.4 is 10.9 Å². The van der Waals surface area contributed by atoms with Gasteiger partial charge in [-0.25, -0.2) is 0 Å². The smallest absolute Gasteiger partial charge is 0.263 e. The molecule has 3 aromatic heterocycles. The third kappa shape index (κ3) is 3.65. The number of nitrogens with zero attached hydrogens (tertiary/aromatic N) is 3. The number of aromatic amines is 1. The van der Waals surface area contributed by atoms with Crippen LogP contribution in [0.25, 0.3) is 22.0 Å². The minimum Gasteiger partial charge on any atom is -0.321 e. The highest BCUT2D eigenvalue weighted by atomic mass is 32.1. The first kappa shape index (κ1) is 16.8. The van der Waals surface area contributed by atoms with E-state index in [0.717, 1.165) is 5.56 Å². The van der Waals surface area contributed by atoms with Gasteiger partial charge in [0.05, 0.1) is 0 Å². The van der Waals surface area contributed by atoms with Gasteiger partial charge in [-0.15, -0.1) is 10.2 Å². The van der Waals surface area contributed by atoms with Gasteiger partial charge >= 0.3 is 0 Å². The standard InChI is InChI=1S/C19H13N5O2S/c25-16-13(9-10-14(21-16)12-6-2-1-3-7-12)17(26)22-19-24-23-18(27-19)15-8-4-5-11-20-15/h1-11H,(H,21,25)(H,22,24,26). The van der Waals surface area contributed by atoms with Crippen molar-refractivity contribution < 1.29 is 4.79 Å². The van der Waals surface area contributed by atoms with Crippen LogP contribution in [-0.2, 0) is 0 Å². The maximum atomic E-state index is 12.4. The summed E-state index contributed by atoms with van der Waals surface area (Å²) in [4.78, 5) is 31.7. The largest absolute Gasteiger partial charge is 0.321 e. The second-order valence-corrected chi connectivity index (χ2v) is 6.54. The van der Waals surface area contributed by atoms with Gasteiger partial charge in [0.1, 0.15) is 11.3 Å². The van der Waals surface area contributed by atoms with Crippen LogP contribution in [0, 0.1) is 0 Å². The number of pyridine rings is 2. The van der Waals surface area contributed by atoms with Gasteiger partial charge in [0.15, 0.2) is 5.01 Å². The van der Waals surface area contributed by atoms with E-state index >= 15 is 0 Å². The van der Waals surface area contributed by atoms with E-state index in [1.807, 2.05) is 36.4 Å². The van der Waals surface area contributed by atoms with E-state index in [1.165, 1.54) is 17.4 Å². The number of hydrogen-bond donors (Lipinski definition) is 2. The van der Waals surface area contributed by atoms with Crippen molar-refractivity contribution in [2.24, 2.45) is 0 Å². The highest BCUT2D eigenvalue weighted by Gasteiger charge is 2.15. The lowest BCUT2D eigenvalue weighted by molar-refractivity contribution is 0.102. The van der Waals surface area contributed by atoms with Gasteiger partial charge in [-0.2, -0.15) is 0 Å². The summed E-state index contributed by atoms with van der Waals surface area (Å²) in [6.07, 6.45) is 1.66. The SMILES string of the molecule is O=C(Nc1nnc(-c2ccccn2)s1)c1ccc(-c2ccccc2)[nH]c1=O. The molecule has 1 aromatic carbocycles. The van der Waals surface area contributed by atoms with Crippen LogP contribution in [0.1, 0.15) is 10.4 Å². The fourth-order valence-corrected chi connectivity index (χ4v) is 3.19. The third-order valence-electron chi connectivity index (χ3n) is 3.77. The number of amides is 1. The minimum atomic E-state index is -0.542. The number of nitrogens with one attached hydrogen (secondary N) is 2. The molecule has 0 unspecified atom stereocenters. The highest BCUT2D eigenvalue weighted by Crippen LogP contribution is 2.24. The molecule has 3 heterocycles. The molecule has 2 N–H and O–H groups in total. The molecule has 0 bridgehead atoms. The van der Waals surface area contributed by atoms with E-state index in [2.05, 4.69) is 25.5 Å². The van der Waals surface area contributed by atoms with E-state index < -0.39 is 11.5 Å². The van der Waals surface area contributed by atoms with E-state index in [-0.39, 0.29) is 5.56 Å². The Balaban J connectivity index is 1.54. The Morgan fingerprint density at radius 2 is 1.78 bits per heavy atom. The molecule has 0 atom stereocenters. The maximum absolute atomic E-state index is 12.4. The van der Waals surface area contributed by atoms with Crippen molar-refractivity contribution in [2.75, 3.05) is 5.32 Å². The van der Waals surface area contributed by atoms with Crippen molar-refractivity contribution in [1.29, 1.82) is 0 Å². The number of rotatable bonds is 4. The summed E-state index contributed by atoms with van der Waals surface area (Å²) in [6, 6.07) is 18.1. The quantitative estimate of drug-likeness (QED) is 0.570. The first-order chi connectivity index (χ1) is 13.2. The fraction of sp³-hybridized carbons (Fsp3) is 0. The van der Waals surface area contributed by atoms with Gasteiger partial charge in [0.2, 0.25) is 5.13 Å². The summed E-state index contributed by atoms with van der Waals surface area (Å²) >= 11 is 1.19. The summed E-state index contributed by atoms with van der Waals surface area (Å²) in [7, 11) is 0. The lowest BCUT2D eigenvalue weighted by Crippen LogP contribution is -2.23. The highest BCUT2D eigenvalue weighted by molar-refractivity contribution is 7.18. The zero-order chi connectivity index (χ0) is 18.6. The molecule has 7 nitrogen and oxygen atoms in total. The van der Waals surface area contributed by atoms with Crippen molar-refractivity contribution in [2.45, 2.75) is 0 Å². The van der Waals surface area contributed by atoms with Gasteiger partial charge < -0.3 is 4.98 Å². The lowest BCUT2D eigenvalue weighted by Gasteiger charge is -2.04. The molecule has 132 valence electrons. The lowest BCUT2D eigenvalue weighted by atomic mass is 10.1. The van der Waals surface area contributed by atoms with Gasteiger partial charge in [-0.1, -0.05) is 47.7 Å². The van der Waals surface area contributed by atoms with E-state index in [9.17, 15) is 9.59 Å². The molecule has 0 radical (unpaired) electrons. The number of benzene rings is 1. The van der Waals surface area contributed by atoms with E-state index in [4.69, 9.17) is 0 Å². The Morgan fingerprint density at radius 1 is 0.963 bits per heavy atom. The van der Waals surface area contributed by atoms with Crippen LogP contribution in [0.3, 0.4) is 0 Å². The molecule has 1 amide bonds. The van der Waals surface area contributed by atoms with E-state index in [0.29, 0.717) is 21.5 Å². The summed E-state index contributed by atoms with van der Waals surface area (Å²) in [6.45, 7) is 0. The zero-order valence-electron chi connectivity index (χ0n) is 13.9. The van der Waals surface area contributed by atoms with Crippen molar-refractivity contribution >= 4 is 22.4 Å². The first-order valence-corrected chi connectivity index (χ1v) is 8.87. The molecule has 4 aromatic rings. The van der Waals surface area contributed by atoms with Gasteiger partial charge in [0.25, 0.3) is 11.5 Å².